The van der Waals surface area contributed by atoms with E-state index in [9.17, 15) is 4.79 Å². The van der Waals surface area contributed by atoms with Gasteiger partial charge in [-0.25, -0.2) is 9.69 Å². The predicted molar refractivity (Wildman–Crippen MR) is 55.1 cm³/mol. The molecule has 0 aliphatic carbocycles. The van der Waals surface area contributed by atoms with Crippen LogP contribution in [0.5, 0.6) is 0 Å². The Bertz CT molecular complexity index is 402. The van der Waals surface area contributed by atoms with Gasteiger partial charge in [0.1, 0.15) is 6.26 Å². The summed E-state index contributed by atoms with van der Waals surface area (Å²) in [4.78, 5) is 12.1. The van der Waals surface area contributed by atoms with Gasteiger partial charge < -0.3 is 14.6 Å². The fourth-order valence-electron chi connectivity index (χ4n) is 1.38. The number of hydrogen-bond acceptors (Lipinski definition) is 3. The summed E-state index contributed by atoms with van der Waals surface area (Å²) < 4.78 is 9.87. The minimum Gasteiger partial charge on any atom is -0.465 e. The van der Waals surface area contributed by atoms with Gasteiger partial charge in [0.25, 0.3) is 0 Å². The SMILES string of the molecule is O=C(O)N(Cc1ccccc1)C1=COCO1. The molecule has 0 unspecified atom stereocenters. The van der Waals surface area contributed by atoms with Crippen LogP contribution < -0.4 is 0 Å². The van der Waals surface area contributed by atoms with Crippen molar-refractivity contribution in [2.45, 2.75) is 6.54 Å². The fraction of sp³-hybridized carbons (Fsp3) is 0.182. The van der Waals surface area contributed by atoms with Crippen molar-refractivity contribution < 1.29 is 19.4 Å². The van der Waals surface area contributed by atoms with Crippen molar-refractivity contribution in [3.8, 4) is 0 Å². The highest BCUT2D eigenvalue weighted by molar-refractivity contribution is 5.67. The van der Waals surface area contributed by atoms with Gasteiger partial charge in [-0.2, -0.15) is 0 Å². The van der Waals surface area contributed by atoms with Gasteiger partial charge in [0.05, 0.1) is 6.54 Å². The number of nitrogens with zero attached hydrogens (tertiary/aromatic N) is 1. The Kier molecular flexibility index (Phi) is 2.95. The molecule has 1 N–H and O–H groups in total. The molecule has 0 radical (unpaired) electrons. The van der Waals surface area contributed by atoms with Gasteiger partial charge in [-0.3, -0.25) is 0 Å². The van der Waals surface area contributed by atoms with E-state index in [2.05, 4.69) is 0 Å². The first-order chi connectivity index (χ1) is 7.77. The van der Waals surface area contributed by atoms with Gasteiger partial charge in [-0.1, -0.05) is 30.3 Å². The second-order valence-electron chi connectivity index (χ2n) is 3.24. The molecule has 1 aromatic carbocycles. The summed E-state index contributed by atoms with van der Waals surface area (Å²) in [5.74, 6) is 0.219. The molecule has 2 rings (SSSR count). The van der Waals surface area contributed by atoms with Gasteiger partial charge >= 0.3 is 6.09 Å². The van der Waals surface area contributed by atoms with Crippen LogP contribution in [0.4, 0.5) is 4.79 Å². The third-order valence-electron chi connectivity index (χ3n) is 2.14. The molecule has 0 saturated heterocycles. The number of hydrogen-bond donors (Lipinski definition) is 1. The molecule has 0 spiro atoms. The lowest BCUT2D eigenvalue weighted by molar-refractivity contribution is 0.0470. The van der Waals surface area contributed by atoms with Crippen molar-refractivity contribution in [2.24, 2.45) is 0 Å². The van der Waals surface area contributed by atoms with Gasteiger partial charge in [0.2, 0.25) is 12.7 Å². The van der Waals surface area contributed by atoms with E-state index in [1.807, 2.05) is 30.3 Å². The molecule has 0 bridgehead atoms. The van der Waals surface area contributed by atoms with Gasteiger partial charge in [0, 0.05) is 0 Å². The normalized spacial score (nSPS) is 13.6. The van der Waals surface area contributed by atoms with Gasteiger partial charge in [-0.05, 0) is 5.56 Å². The van der Waals surface area contributed by atoms with Crippen LogP contribution in [0.2, 0.25) is 0 Å². The van der Waals surface area contributed by atoms with Crippen LogP contribution in [-0.2, 0) is 16.0 Å². The average Bonchev–Trinajstić information content (AvgIpc) is 2.80. The molecular weight excluding hydrogens is 210 g/mol. The predicted octanol–water partition coefficient (Wildman–Crippen LogP) is 1.97. The lowest BCUT2D eigenvalue weighted by Gasteiger charge is -2.17. The first-order valence-electron chi connectivity index (χ1n) is 4.76. The monoisotopic (exact) mass is 221 g/mol. The third-order valence-corrected chi connectivity index (χ3v) is 2.14. The lowest BCUT2D eigenvalue weighted by atomic mass is 10.2. The summed E-state index contributed by atoms with van der Waals surface area (Å²) in [6.07, 6.45) is 0.234. The van der Waals surface area contributed by atoms with Crippen molar-refractivity contribution in [1.29, 1.82) is 0 Å². The maximum Gasteiger partial charge on any atom is 0.414 e. The second-order valence-corrected chi connectivity index (χ2v) is 3.24. The Morgan fingerprint density at radius 1 is 1.38 bits per heavy atom. The van der Waals surface area contributed by atoms with E-state index in [1.165, 1.54) is 6.26 Å². The Morgan fingerprint density at radius 2 is 2.12 bits per heavy atom. The Morgan fingerprint density at radius 3 is 2.69 bits per heavy atom. The van der Waals surface area contributed by atoms with E-state index in [4.69, 9.17) is 14.6 Å². The maximum atomic E-state index is 11.0. The number of benzene rings is 1. The highest BCUT2D eigenvalue weighted by Crippen LogP contribution is 2.16. The molecule has 5 nitrogen and oxygen atoms in total. The first-order valence-corrected chi connectivity index (χ1v) is 4.76. The van der Waals surface area contributed by atoms with E-state index in [1.54, 1.807) is 0 Å². The average molecular weight is 221 g/mol. The zero-order valence-corrected chi connectivity index (χ0v) is 8.50. The molecule has 1 aromatic rings. The van der Waals surface area contributed by atoms with Crippen molar-refractivity contribution in [2.75, 3.05) is 6.79 Å². The number of rotatable bonds is 3. The zero-order chi connectivity index (χ0) is 11.4. The van der Waals surface area contributed by atoms with Crippen LogP contribution in [0.1, 0.15) is 5.56 Å². The molecule has 1 aliphatic heterocycles. The first kappa shape index (κ1) is 10.4. The van der Waals surface area contributed by atoms with E-state index >= 15 is 0 Å². The highest BCUT2D eigenvalue weighted by atomic mass is 16.7. The number of amides is 1. The fourth-order valence-corrected chi connectivity index (χ4v) is 1.38. The van der Waals surface area contributed by atoms with E-state index in [-0.39, 0.29) is 19.2 Å². The van der Waals surface area contributed by atoms with Gasteiger partial charge in [-0.15, -0.1) is 0 Å². The standard InChI is InChI=1S/C11H11NO4/c13-11(14)12(10-7-15-8-16-10)6-9-4-2-1-3-5-9/h1-5,7H,6,8H2,(H,13,14). The zero-order valence-electron chi connectivity index (χ0n) is 8.50. The van der Waals surface area contributed by atoms with Crippen molar-refractivity contribution >= 4 is 6.09 Å². The molecule has 1 heterocycles. The van der Waals surface area contributed by atoms with E-state index < -0.39 is 6.09 Å². The molecule has 1 amide bonds. The summed E-state index contributed by atoms with van der Waals surface area (Å²) in [5.41, 5.74) is 0.890. The molecule has 0 fully saturated rings. The summed E-state index contributed by atoms with van der Waals surface area (Å²) in [5, 5.41) is 9.04. The maximum absolute atomic E-state index is 11.0. The molecule has 84 valence electrons. The summed E-state index contributed by atoms with van der Waals surface area (Å²) in [6, 6.07) is 9.30. The Labute approximate surface area is 92.5 Å². The number of carboxylic acid groups (broad SMARTS) is 1. The van der Waals surface area contributed by atoms with Crippen LogP contribution in [0.3, 0.4) is 0 Å². The minimum atomic E-state index is -1.07. The molecule has 1 aliphatic rings. The van der Waals surface area contributed by atoms with Crippen LogP contribution in [0.15, 0.2) is 42.5 Å². The van der Waals surface area contributed by atoms with Crippen molar-refractivity contribution in [3.63, 3.8) is 0 Å². The Hall–Kier alpha value is -2.17. The van der Waals surface area contributed by atoms with Crippen molar-refractivity contribution in [1.82, 2.24) is 4.90 Å². The lowest BCUT2D eigenvalue weighted by Crippen LogP contribution is -2.28. The van der Waals surface area contributed by atoms with Crippen LogP contribution in [-0.4, -0.2) is 22.9 Å². The highest BCUT2D eigenvalue weighted by Gasteiger charge is 2.22. The van der Waals surface area contributed by atoms with Crippen LogP contribution in [0, 0.1) is 0 Å². The summed E-state index contributed by atoms with van der Waals surface area (Å²) in [7, 11) is 0. The van der Waals surface area contributed by atoms with Crippen LogP contribution in [0.25, 0.3) is 0 Å². The molecule has 5 heteroatoms. The largest absolute Gasteiger partial charge is 0.465 e. The van der Waals surface area contributed by atoms with E-state index in [0.717, 1.165) is 10.5 Å². The molecule has 16 heavy (non-hydrogen) atoms. The van der Waals surface area contributed by atoms with E-state index in [0.29, 0.717) is 0 Å². The Balaban J connectivity index is 2.12. The summed E-state index contributed by atoms with van der Waals surface area (Å²) >= 11 is 0. The topological polar surface area (TPSA) is 59.0 Å². The molecule has 0 aromatic heterocycles. The third kappa shape index (κ3) is 2.25. The molecular formula is C11H11NO4. The quantitative estimate of drug-likeness (QED) is 0.847. The smallest absolute Gasteiger partial charge is 0.414 e. The second kappa shape index (κ2) is 4.57. The van der Waals surface area contributed by atoms with Crippen molar-refractivity contribution in [3.05, 3.63) is 48.0 Å². The number of carbonyl (C=O) groups is 1. The van der Waals surface area contributed by atoms with Gasteiger partial charge in [0.15, 0.2) is 0 Å². The minimum absolute atomic E-state index is 0.0634. The molecule has 0 atom stereocenters. The van der Waals surface area contributed by atoms with Crippen LogP contribution >= 0.6 is 0 Å². The summed E-state index contributed by atoms with van der Waals surface area (Å²) in [6.45, 7) is 0.305. The molecule has 0 saturated carbocycles. The number of ether oxygens (including phenoxy) is 2.